The van der Waals surface area contributed by atoms with Gasteiger partial charge in [-0.3, -0.25) is 9.59 Å². The van der Waals surface area contributed by atoms with Crippen LogP contribution in [0, 0.1) is 25.6 Å². The number of nitrogens with zero attached hydrogens (tertiary/aromatic N) is 3. The molecule has 0 radical (unpaired) electrons. The van der Waals surface area contributed by atoms with Crippen LogP contribution in [0.5, 0.6) is 0 Å². The van der Waals surface area contributed by atoms with E-state index in [1.54, 1.807) is 26.0 Å². The van der Waals surface area contributed by atoms with E-state index in [0.29, 0.717) is 39.9 Å². The van der Waals surface area contributed by atoms with Crippen molar-refractivity contribution in [2.24, 2.45) is 5.92 Å². The van der Waals surface area contributed by atoms with Crippen molar-refractivity contribution in [3.8, 4) is 10.4 Å². The predicted octanol–water partition coefficient (Wildman–Crippen LogP) is 3.17. The summed E-state index contributed by atoms with van der Waals surface area (Å²) < 4.78 is 18.9. The summed E-state index contributed by atoms with van der Waals surface area (Å²) in [7, 11) is 0. The van der Waals surface area contributed by atoms with Gasteiger partial charge in [-0.2, -0.15) is 0 Å². The van der Waals surface area contributed by atoms with E-state index in [1.165, 1.54) is 12.1 Å². The van der Waals surface area contributed by atoms with Gasteiger partial charge in [-0.15, -0.1) is 0 Å². The third-order valence-corrected chi connectivity index (χ3v) is 7.07. The molecule has 3 aromatic rings. The zero-order chi connectivity index (χ0) is 22.6. The van der Waals surface area contributed by atoms with Crippen LogP contribution in [0.4, 0.5) is 9.52 Å². The number of anilines is 1. The standard InChI is InChI=1S/C22H22FN5O3S/c1-10-17(11(2)31-27-10)20(29)25-9-15-7-13-8-16(13)28(15)21(30)18-19(32-22(24)26-18)12-4-3-5-14(23)6-12/h3-6,13,15-16H,7-9H2,1-2H3,(H2,24,26)(H,25,29)/t13-,15+,16+/m1/s1. The molecule has 2 fully saturated rings. The Balaban J connectivity index is 1.37. The number of piperidine rings is 1. The van der Waals surface area contributed by atoms with E-state index in [-0.39, 0.29) is 34.7 Å². The lowest BCUT2D eigenvalue weighted by Crippen LogP contribution is -2.45. The summed E-state index contributed by atoms with van der Waals surface area (Å²) in [5.41, 5.74) is 7.67. The number of aromatic nitrogens is 2. The fraction of sp³-hybridized carbons (Fsp3) is 0.364. The Bertz CT molecular complexity index is 1200. The second-order valence-corrected chi connectivity index (χ2v) is 9.35. The van der Waals surface area contributed by atoms with E-state index < -0.39 is 5.82 Å². The van der Waals surface area contributed by atoms with Gasteiger partial charge in [0.25, 0.3) is 11.8 Å². The molecule has 1 aromatic carbocycles. The number of aryl methyl sites for hydroxylation is 2. The number of hydrogen-bond donors (Lipinski definition) is 2. The van der Waals surface area contributed by atoms with Gasteiger partial charge in [0.15, 0.2) is 5.13 Å². The molecule has 1 saturated heterocycles. The average molecular weight is 456 g/mol. The molecule has 3 heterocycles. The summed E-state index contributed by atoms with van der Waals surface area (Å²) in [5, 5.41) is 6.99. The van der Waals surface area contributed by atoms with Gasteiger partial charge in [0, 0.05) is 12.6 Å². The minimum Gasteiger partial charge on any atom is -0.375 e. The third kappa shape index (κ3) is 3.54. The number of thiazole rings is 1. The molecule has 32 heavy (non-hydrogen) atoms. The number of nitrogens with two attached hydrogens (primary N) is 1. The Morgan fingerprint density at radius 1 is 1.34 bits per heavy atom. The van der Waals surface area contributed by atoms with Crippen molar-refractivity contribution in [2.75, 3.05) is 12.3 Å². The van der Waals surface area contributed by atoms with Gasteiger partial charge in [0.05, 0.1) is 16.6 Å². The number of likely N-dealkylation sites (tertiary alicyclic amines) is 1. The molecule has 1 aliphatic heterocycles. The molecule has 0 bridgehead atoms. The van der Waals surface area contributed by atoms with Gasteiger partial charge >= 0.3 is 0 Å². The molecule has 1 aliphatic carbocycles. The van der Waals surface area contributed by atoms with E-state index in [0.717, 1.165) is 24.2 Å². The van der Waals surface area contributed by atoms with Crippen LogP contribution in [0.1, 0.15) is 45.1 Å². The van der Waals surface area contributed by atoms with Gasteiger partial charge in [0.2, 0.25) is 0 Å². The Hall–Kier alpha value is -3.27. The molecule has 2 amide bonds. The first-order valence-corrected chi connectivity index (χ1v) is 11.2. The normalized spacial score (nSPS) is 21.5. The molecule has 3 N–H and O–H groups in total. The molecule has 3 atom stereocenters. The molecular formula is C22H22FN5O3S. The zero-order valence-electron chi connectivity index (χ0n) is 17.6. The van der Waals surface area contributed by atoms with Crippen molar-refractivity contribution >= 4 is 28.3 Å². The number of benzene rings is 1. The zero-order valence-corrected chi connectivity index (χ0v) is 18.4. The number of carbonyl (C=O) groups is 2. The molecule has 166 valence electrons. The summed E-state index contributed by atoms with van der Waals surface area (Å²) >= 11 is 1.16. The lowest BCUT2D eigenvalue weighted by atomic mass is 10.1. The molecule has 0 unspecified atom stereocenters. The highest BCUT2D eigenvalue weighted by Crippen LogP contribution is 2.49. The van der Waals surface area contributed by atoms with Crippen molar-refractivity contribution < 1.29 is 18.5 Å². The minimum absolute atomic E-state index is 0.131. The van der Waals surface area contributed by atoms with E-state index in [4.69, 9.17) is 10.3 Å². The lowest BCUT2D eigenvalue weighted by Gasteiger charge is -2.27. The summed E-state index contributed by atoms with van der Waals surface area (Å²) in [4.78, 5) is 32.8. The summed E-state index contributed by atoms with van der Waals surface area (Å²) in [6.07, 6.45) is 1.75. The molecule has 5 rings (SSSR count). The number of amides is 2. The first-order chi connectivity index (χ1) is 15.3. The maximum Gasteiger partial charge on any atom is 0.274 e. The third-order valence-electron chi connectivity index (χ3n) is 6.14. The van der Waals surface area contributed by atoms with Gasteiger partial charge in [-0.25, -0.2) is 9.37 Å². The van der Waals surface area contributed by atoms with Crippen LogP contribution in [-0.2, 0) is 0 Å². The Morgan fingerprint density at radius 3 is 2.88 bits per heavy atom. The van der Waals surface area contributed by atoms with Crippen LogP contribution in [0.2, 0.25) is 0 Å². The topological polar surface area (TPSA) is 114 Å². The molecular weight excluding hydrogens is 433 g/mol. The maximum atomic E-state index is 13.8. The fourth-order valence-corrected chi connectivity index (χ4v) is 5.41. The number of halogens is 1. The maximum absolute atomic E-state index is 13.8. The Morgan fingerprint density at radius 2 is 2.16 bits per heavy atom. The molecule has 1 saturated carbocycles. The molecule has 2 aliphatic rings. The largest absolute Gasteiger partial charge is 0.375 e. The SMILES string of the molecule is Cc1noc(C)c1C(=O)NC[C@@H]1C[C@@H]2C[C@@H]2N1C(=O)c1nc(N)sc1-c1cccc(F)c1. The van der Waals surface area contributed by atoms with Crippen LogP contribution in [-0.4, -0.2) is 45.5 Å². The molecule has 10 heteroatoms. The fourth-order valence-electron chi connectivity index (χ4n) is 4.59. The number of nitrogens with one attached hydrogen (secondary N) is 1. The van der Waals surface area contributed by atoms with Crippen LogP contribution in [0.25, 0.3) is 10.4 Å². The average Bonchev–Trinajstić information content (AvgIpc) is 3.07. The van der Waals surface area contributed by atoms with E-state index >= 15 is 0 Å². The number of hydrogen-bond acceptors (Lipinski definition) is 7. The van der Waals surface area contributed by atoms with Crippen molar-refractivity contribution in [1.29, 1.82) is 0 Å². The van der Waals surface area contributed by atoms with Crippen molar-refractivity contribution in [3.63, 3.8) is 0 Å². The molecule has 8 nitrogen and oxygen atoms in total. The van der Waals surface area contributed by atoms with E-state index in [2.05, 4.69) is 15.5 Å². The van der Waals surface area contributed by atoms with Crippen LogP contribution >= 0.6 is 11.3 Å². The number of rotatable bonds is 5. The summed E-state index contributed by atoms with van der Waals surface area (Å²) in [6.45, 7) is 3.72. The number of nitrogen functional groups attached to an aromatic ring is 1. The number of carbonyl (C=O) groups excluding carboxylic acids is 2. The van der Waals surface area contributed by atoms with Gasteiger partial charge in [-0.1, -0.05) is 28.6 Å². The Kier molecular flexibility index (Phi) is 4.96. The van der Waals surface area contributed by atoms with Crippen molar-refractivity contribution in [1.82, 2.24) is 20.4 Å². The Labute approximate surface area is 187 Å². The van der Waals surface area contributed by atoms with Crippen LogP contribution in [0.3, 0.4) is 0 Å². The van der Waals surface area contributed by atoms with Gasteiger partial charge < -0.3 is 20.5 Å². The number of fused-ring (bicyclic) bond motifs is 1. The molecule has 2 aromatic heterocycles. The highest BCUT2D eigenvalue weighted by atomic mass is 32.1. The summed E-state index contributed by atoms with van der Waals surface area (Å²) in [5.74, 6) is -0.0176. The summed E-state index contributed by atoms with van der Waals surface area (Å²) in [6, 6.07) is 6.02. The first kappa shape index (κ1) is 20.6. The predicted molar refractivity (Wildman–Crippen MR) is 117 cm³/mol. The van der Waals surface area contributed by atoms with E-state index in [9.17, 15) is 14.0 Å². The van der Waals surface area contributed by atoms with Crippen molar-refractivity contribution in [3.05, 3.63) is 52.8 Å². The monoisotopic (exact) mass is 455 g/mol. The highest BCUT2D eigenvalue weighted by molar-refractivity contribution is 7.19. The van der Waals surface area contributed by atoms with Crippen LogP contribution < -0.4 is 11.1 Å². The van der Waals surface area contributed by atoms with Crippen LogP contribution in [0.15, 0.2) is 28.8 Å². The van der Waals surface area contributed by atoms with E-state index in [1.807, 2.05) is 4.90 Å². The first-order valence-electron chi connectivity index (χ1n) is 10.4. The minimum atomic E-state index is -0.392. The molecule has 0 spiro atoms. The highest BCUT2D eigenvalue weighted by Gasteiger charge is 2.54. The smallest absolute Gasteiger partial charge is 0.274 e. The van der Waals surface area contributed by atoms with Gasteiger partial charge in [0.1, 0.15) is 22.8 Å². The second kappa shape index (κ2) is 7.70. The second-order valence-electron chi connectivity index (χ2n) is 8.31. The van der Waals surface area contributed by atoms with Gasteiger partial charge in [-0.05, 0) is 50.3 Å². The lowest BCUT2D eigenvalue weighted by molar-refractivity contribution is 0.0684. The van der Waals surface area contributed by atoms with Crippen molar-refractivity contribution in [2.45, 2.75) is 38.8 Å². The quantitative estimate of drug-likeness (QED) is 0.611.